The van der Waals surface area contributed by atoms with Gasteiger partial charge < -0.3 is 13.3 Å². The van der Waals surface area contributed by atoms with Gasteiger partial charge in [-0.05, 0) is 39.3 Å². The van der Waals surface area contributed by atoms with Crippen LogP contribution in [0.1, 0.15) is 33.1 Å². The summed E-state index contributed by atoms with van der Waals surface area (Å²) in [5.41, 5.74) is 0.167. The van der Waals surface area contributed by atoms with Gasteiger partial charge in [0.05, 0.1) is 5.67 Å². The first kappa shape index (κ1) is 16.8. The fourth-order valence-corrected chi connectivity index (χ4v) is 5.53. The largest absolute Gasteiger partial charge is 0.518 e. The third kappa shape index (κ3) is 3.64. The minimum Gasteiger partial charge on any atom is -0.376 e. The molecule has 0 saturated carbocycles. The van der Waals surface area contributed by atoms with E-state index in [1.54, 1.807) is 28.3 Å². The molecule has 0 aliphatic carbocycles. The van der Waals surface area contributed by atoms with Crippen LogP contribution in [0.2, 0.25) is 0 Å². The highest BCUT2D eigenvalue weighted by Crippen LogP contribution is 2.26. The molecule has 1 unspecified atom stereocenters. The van der Waals surface area contributed by atoms with E-state index in [1.165, 1.54) is 0 Å². The summed E-state index contributed by atoms with van der Waals surface area (Å²) in [5, 5.41) is 0. The third-order valence-electron chi connectivity index (χ3n) is 4.19. The highest BCUT2D eigenvalue weighted by atomic mass is 28.4. The third-order valence-corrected chi connectivity index (χ3v) is 7.49. The molecule has 1 fully saturated rings. The number of piperidine rings is 1. The van der Waals surface area contributed by atoms with Gasteiger partial charge in [0.1, 0.15) is 5.78 Å². The monoisotopic (exact) mass is 289 g/mol. The summed E-state index contributed by atoms with van der Waals surface area (Å²) in [6.07, 6.45) is 2.77. The summed E-state index contributed by atoms with van der Waals surface area (Å²) in [6.45, 7) is 5.64. The van der Waals surface area contributed by atoms with Gasteiger partial charge in [-0.3, -0.25) is 9.69 Å². The van der Waals surface area contributed by atoms with E-state index in [0.717, 1.165) is 32.4 Å². The number of carbonyl (C=O) groups is 1. The van der Waals surface area contributed by atoms with Crippen molar-refractivity contribution in [3.63, 3.8) is 0 Å². The highest BCUT2D eigenvalue weighted by molar-refractivity contribution is 6.62. The standard InChI is InChI=1S/C13H27NO4Si/c1-6-13(19(16-3,17-4)18-5)14-9-7-12(8-10-14)11(2)15/h12-13H,6-10H2,1-5H3. The van der Waals surface area contributed by atoms with Crippen LogP contribution < -0.4 is 0 Å². The second kappa shape index (κ2) is 7.49. The molecule has 0 amide bonds. The average Bonchev–Trinajstić information content (AvgIpc) is 2.45. The number of nitrogens with zero attached hydrogens (tertiary/aromatic N) is 1. The number of carbonyl (C=O) groups excluding carboxylic acids is 1. The summed E-state index contributed by atoms with van der Waals surface area (Å²) in [5.74, 6) is 0.527. The Balaban J connectivity index is 2.74. The van der Waals surface area contributed by atoms with Crippen molar-refractivity contribution >= 4 is 14.6 Å². The minimum absolute atomic E-state index is 0.167. The van der Waals surface area contributed by atoms with E-state index in [-0.39, 0.29) is 11.6 Å². The van der Waals surface area contributed by atoms with Gasteiger partial charge >= 0.3 is 8.80 Å². The molecule has 0 radical (unpaired) electrons. The molecule has 1 atom stereocenters. The molecule has 0 aromatic heterocycles. The SMILES string of the molecule is CCC(N1CCC(C(C)=O)CC1)[Si](OC)(OC)OC. The molecular formula is C13H27NO4Si. The Labute approximate surface area is 117 Å². The Hall–Kier alpha value is -0.273. The maximum atomic E-state index is 11.4. The zero-order chi connectivity index (χ0) is 14.5. The van der Waals surface area contributed by atoms with E-state index >= 15 is 0 Å². The van der Waals surface area contributed by atoms with Gasteiger partial charge in [0.2, 0.25) is 0 Å². The van der Waals surface area contributed by atoms with Crippen molar-refractivity contribution < 1.29 is 18.1 Å². The average molecular weight is 289 g/mol. The summed E-state index contributed by atoms with van der Waals surface area (Å²) in [4.78, 5) is 13.8. The van der Waals surface area contributed by atoms with Crippen molar-refractivity contribution in [2.45, 2.75) is 38.8 Å². The lowest BCUT2D eigenvalue weighted by Crippen LogP contribution is -2.62. The highest BCUT2D eigenvalue weighted by Gasteiger charge is 2.49. The first-order valence-corrected chi connectivity index (χ1v) is 8.74. The second-order valence-corrected chi connectivity index (χ2v) is 8.16. The Kier molecular flexibility index (Phi) is 6.62. The molecular weight excluding hydrogens is 262 g/mol. The van der Waals surface area contributed by atoms with Gasteiger partial charge in [-0.1, -0.05) is 6.92 Å². The molecule has 0 aromatic carbocycles. The van der Waals surface area contributed by atoms with Crippen LogP contribution >= 0.6 is 0 Å². The smallest absolute Gasteiger partial charge is 0.376 e. The molecule has 0 aromatic rings. The quantitative estimate of drug-likeness (QED) is 0.665. The van der Waals surface area contributed by atoms with E-state index in [9.17, 15) is 4.79 Å². The fourth-order valence-electron chi connectivity index (χ4n) is 3.01. The predicted octanol–water partition coefficient (Wildman–Crippen LogP) is 1.48. The Bertz CT molecular complexity index is 280. The molecule has 6 heteroatoms. The van der Waals surface area contributed by atoms with Crippen molar-refractivity contribution in [1.29, 1.82) is 0 Å². The van der Waals surface area contributed by atoms with Crippen LogP contribution in [0.4, 0.5) is 0 Å². The van der Waals surface area contributed by atoms with Gasteiger partial charge in [0, 0.05) is 27.2 Å². The number of ketones is 1. The first-order valence-electron chi connectivity index (χ1n) is 6.94. The zero-order valence-electron chi connectivity index (χ0n) is 12.8. The summed E-state index contributed by atoms with van der Waals surface area (Å²) in [6, 6.07) is 0. The summed E-state index contributed by atoms with van der Waals surface area (Å²) >= 11 is 0. The number of hydrogen-bond donors (Lipinski definition) is 0. The number of likely N-dealkylation sites (tertiary alicyclic amines) is 1. The topological polar surface area (TPSA) is 48.0 Å². The first-order chi connectivity index (χ1) is 9.04. The van der Waals surface area contributed by atoms with Crippen molar-refractivity contribution in [2.75, 3.05) is 34.4 Å². The molecule has 0 spiro atoms. The Morgan fingerprint density at radius 3 is 2.00 bits per heavy atom. The maximum Gasteiger partial charge on any atom is 0.518 e. The lowest BCUT2D eigenvalue weighted by atomic mass is 9.93. The molecule has 0 N–H and O–H groups in total. The van der Waals surface area contributed by atoms with Crippen LogP contribution in [0, 0.1) is 5.92 Å². The lowest BCUT2D eigenvalue weighted by Gasteiger charge is -2.42. The molecule has 1 saturated heterocycles. The number of rotatable bonds is 7. The molecule has 1 aliphatic heterocycles. The lowest BCUT2D eigenvalue weighted by molar-refractivity contribution is -0.122. The van der Waals surface area contributed by atoms with Gasteiger partial charge in [-0.15, -0.1) is 0 Å². The second-order valence-electron chi connectivity index (χ2n) is 5.06. The van der Waals surface area contributed by atoms with Crippen LogP contribution in [0.3, 0.4) is 0 Å². The molecule has 19 heavy (non-hydrogen) atoms. The number of hydrogen-bond acceptors (Lipinski definition) is 5. The van der Waals surface area contributed by atoms with E-state index in [1.807, 2.05) is 0 Å². The van der Waals surface area contributed by atoms with Crippen molar-refractivity contribution in [3.05, 3.63) is 0 Å². The van der Waals surface area contributed by atoms with Crippen LogP contribution in [0.25, 0.3) is 0 Å². The van der Waals surface area contributed by atoms with E-state index in [2.05, 4.69) is 11.8 Å². The maximum absolute atomic E-state index is 11.4. The molecule has 112 valence electrons. The fraction of sp³-hybridized carbons (Fsp3) is 0.923. The van der Waals surface area contributed by atoms with E-state index < -0.39 is 8.80 Å². The Morgan fingerprint density at radius 2 is 1.68 bits per heavy atom. The zero-order valence-corrected chi connectivity index (χ0v) is 13.8. The van der Waals surface area contributed by atoms with Crippen molar-refractivity contribution in [3.8, 4) is 0 Å². The predicted molar refractivity (Wildman–Crippen MR) is 75.8 cm³/mol. The van der Waals surface area contributed by atoms with E-state index in [0.29, 0.717) is 5.78 Å². The minimum atomic E-state index is -2.64. The van der Waals surface area contributed by atoms with Crippen LogP contribution in [0.5, 0.6) is 0 Å². The summed E-state index contributed by atoms with van der Waals surface area (Å²) < 4.78 is 16.8. The van der Waals surface area contributed by atoms with Crippen LogP contribution in [-0.4, -0.2) is 59.6 Å². The van der Waals surface area contributed by atoms with Gasteiger partial charge in [0.25, 0.3) is 0 Å². The number of Topliss-reactive ketones (excluding diaryl/α,β-unsaturated/α-hetero) is 1. The normalized spacial score (nSPS) is 20.5. The molecule has 1 heterocycles. The van der Waals surface area contributed by atoms with Crippen molar-refractivity contribution in [1.82, 2.24) is 4.90 Å². The molecule has 5 nitrogen and oxygen atoms in total. The van der Waals surface area contributed by atoms with Crippen LogP contribution in [-0.2, 0) is 18.1 Å². The molecule has 0 bridgehead atoms. The van der Waals surface area contributed by atoms with Gasteiger partial charge in [-0.2, -0.15) is 0 Å². The van der Waals surface area contributed by atoms with Gasteiger partial charge in [-0.25, -0.2) is 0 Å². The molecule has 1 aliphatic rings. The van der Waals surface area contributed by atoms with Crippen LogP contribution in [0.15, 0.2) is 0 Å². The van der Waals surface area contributed by atoms with Gasteiger partial charge in [0.15, 0.2) is 0 Å². The summed E-state index contributed by atoms with van der Waals surface area (Å²) in [7, 11) is 2.33. The Morgan fingerprint density at radius 1 is 1.21 bits per heavy atom. The van der Waals surface area contributed by atoms with Crippen molar-refractivity contribution in [2.24, 2.45) is 5.92 Å². The molecule has 1 rings (SSSR count). The van der Waals surface area contributed by atoms with E-state index in [4.69, 9.17) is 13.3 Å².